The zero-order valence-electron chi connectivity index (χ0n) is 14.2. The number of hydrogen-bond acceptors (Lipinski definition) is 5. The summed E-state index contributed by atoms with van der Waals surface area (Å²) >= 11 is 3.41. The van der Waals surface area contributed by atoms with Gasteiger partial charge in [-0.1, -0.05) is 23.5 Å². The van der Waals surface area contributed by atoms with Gasteiger partial charge in [-0.05, 0) is 48.9 Å². The maximum absolute atomic E-state index is 12.5. The lowest BCUT2D eigenvalue weighted by atomic mass is 9.97. The summed E-state index contributed by atoms with van der Waals surface area (Å²) in [5.41, 5.74) is 2.31. The number of piperidine rings is 1. The number of fused-ring (bicyclic) bond motifs is 1. The highest BCUT2D eigenvalue weighted by atomic mass is 32.1. The van der Waals surface area contributed by atoms with Crippen molar-refractivity contribution in [2.24, 2.45) is 5.92 Å². The fourth-order valence-corrected chi connectivity index (χ4v) is 4.99. The Hall–Kier alpha value is -1.92. The highest BCUT2D eigenvalue weighted by molar-refractivity contribution is 7.22. The van der Waals surface area contributed by atoms with Gasteiger partial charge in [0.1, 0.15) is 0 Å². The van der Waals surface area contributed by atoms with Crippen molar-refractivity contribution >= 4 is 43.9 Å². The Morgan fingerprint density at radius 2 is 2.32 bits per heavy atom. The Morgan fingerprint density at radius 1 is 1.40 bits per heavy atom. The van der Waals surface area contributed by atoms with E-state index in [-0.39, 0.29) is 11.8 Å². The van der Waals surface area contributed by atoms with Crippen LogP contribution in [0.1, 0.15) is 23.3 Å². The van der Waals surface area contributed by atoms with Crippen molar-refractivity contribution in [2.75, 3.05) is 18.0 Å². The first-order chi connectivity index (χ1) is 12.2. The number of aryl methyl sites for hydroxylation is 1. The molecule has 6 heteroatoms. The number of hydrogen-bond donors (Lipinski definition) is 1. The van der Waals surface area contributed by atoms with E-state index in [0.717, 1.165) is 36.6 Å². The number of anilines is 1. The van der Waals surface area contributed by atoms with Crippen molar-refractivity contribution in [3.8, 4) is 0 Å². The van der Waals surface area contributed by atoms with Crippen molar-refractivity contribution in [3.05, 3.63) is 46.2 Å². The van der Waals surface area contributed by atoms with E-state index in [1.165, 1.54) is 15.1 Å². The lowest BCUT2D eigenvalue weighted by Gasteiger charge is -2.31. The summed E-state index contributed by atoms with van der Waals surface area (Å²) in [6, 6.07) is 10.4. The third kappa shape index (κ3) is 3.70. The van der Waals surface area contributed by atoms with Crippen LogP contribution in [-0.2, 0) is 11.3 Å². The summed E-state index contributed by atoms with van der Waals surface area (Å²) in [4.78, 5) is 20.8. The van der Waals surface area contributed by atoms with Gasteiger partial charge in [0.15, 0.2) is 5.13 Å². The molecule has 1 fully saturated rings. The Morgan fingerprint density at radius 3 is 3.16 bits per heavy atom. The number of carbonyl (C=O) groups is 1. The molecule has 1 aromatic carbocycles. The Balaban J connectivity index is 1.43. The van der Waals surface area contributed by atoms with Gasteiger partial charge in [-0.3, -0.25) is 4.79 Å². The molecule has 3 aromatic rings. The van der Waals surface area contributed by atoms with Gasteiger partial charge in [-0.25, -0.2) is 4.98 Å². The number of carbonyl (C=O) groups excluding carboxylic acids is 1. The first kappa shape index (κ1) is 16.5. The maximum atomic E-state index is 12.5. The van der Waals surface area contributed by atoms with Gasteiger partial charge >= 0.3 is 0 Å². The number of thiazole rings is 1. The van der Waals surface area contributed by atoms with Crippen molar-refractivity contribution in [3.63, 3.8) is 0 Å². The fraction of sp³-hybridized carbons (Fsp3) is 0.368. The number of nitrogens with one attached hydrogen (secondary N) is 1. The second-order valence-corrected chi connectivity index (χ2v) is 8.59. The molecule has 1 amide bonds. The predicted molar refractivity (Wildman–Crippen MR) is 105 cm³/mol. The average molecular weight is 372 g/mol. The summed E-state index contributed by atoms with van der Waals surface area (Å²) in [5, 5.41) is 6.17. The van der Waals surface area contributed by atoms with Crippen LogP contribution in [0.15, 0.2) is 35.7 Å². The standard InChI is InChI=1S/C19H21N3OS2/c1-13-6-7-16-17(10-13)25-19(21-16)22-8-2-4-14(12-22)18(23)20-11-15-5-3-9-24-15/h3,5-7,9-10,14H,2,4,8,11-12H2,1H3,(H,20,23). The topological polar surface area (TPSA) is 45.2 Å². The van der Waals surface area contributed by atoms with Gasteiger partial charge in [0.2, 0.25) is 5.91 Å². The van der Waals surface area contributed by atoms with Crippen molar-refractivity contribution < 1.29 is 4.79 Å². The third-order valence-electron chi connectivity index (χ3n) is 4.61. The summed E-state index contributed by atoms with van der Waals surface area (Å²) in [7, 11) is 0. The van der Waals surface area contributed by atoms with Crippen molar-refractivity contribution in [1.82, 2.24) is 10.3 Å². The van der Waals surface area contributed by atoms with Gasteiger partial charge in [0.25, 0.3) is 0 Å². The summed E-state index contributed by atoms with van der Waals surface area (Å²) < 4.78 is 1.22. The monoisotopic (exact) mass is 371 g/mol. The van der Waals surface area contributed by atoms with E-state index < -0.39 is 0 Å². The van der Waals surface area contributed by atoms with Crippen LogP contribution >= 0.6 is 22.7 Å². The van der Waals surface area contributed by atoms with Crippen LogP contribution in [0.3, 0.4) is 0 Å². The molecule has 3 heterocycles. The Labute approximate surface area is 155 Å². The molecule has 1 saturated heterocycles. The zero-order chi connectivity index (χ0) is 17.2. The molecule has 1 unspecified atom stereocenters. The molecule has 0 spiro atoms. The smallest absolute Gasteiger partial charge is 0.225 e. The van der Waals surface area contributed by atoms with Gasteiger partial charge in [-0.2, -0.15) is 0 Å². The number of thiophene rings is 1. The number of amides is 1. The molecule has 1 aliphatic heterocycles. The van der Waals surface area contributed by atoms with E-state index in [2.05, 4.69) is 41.4 Å². The maximum Gasteiger partial charge on any atom is 0.225 e. The molecule has 1 N–H and O–H groups in total. The molecular formula is C19H21N3OS2. The minimum Gasteiger partial charge on any atom is -0.351 e. The molecule has 1 atom stereocenters. The molecule has 25 heavy (non-hydrogen) atoms. The minimum atomic E-state index is 0.0439. The largest absolute Gasteiger partial charge is 0.351 e. The SMILES string of the molecule is Cc1ccc2nc(N3CCCC(C(=O)NCc4cccs4)C3)sc2c1. The fourth-order valence-electron chi connectivity index (χ4n) is 3.25. The molecule has 0 bridgehead atoms. The van der Waals surface area contributed by atoms with Gasteiger partial charge in [-0.15, -0.1) is 11.3 Å². The molecule has 130 valence electrons. The van der Waals surface area contributed by atoms with E-state index in [1.54, 1.807) is 22.7 Å². The second kappa shape index (κ2) is 7.14. The number of rotatable bonds is 4. The number of nitrogens with zero attached hydrogens (tertiary/aromatic N) is 2. The molecule has 1 aliphatic rings. The van der Waals surface area contributed by atoms with Crippen molar-refractivity contribution in [2.45, 2.75) is 26.3 Å². The highest BCUT2D eigenvalue weighted by Crippen LogP contribution is 2.32. The normalized spacial score (nSPS) is 17.8. The molecule has 0 saturated carbocycles. The first-order valence-corrected chi connectivity index (χ1v) is 10.3. The van der Waals surface area contributed by atoms with E-state index >= 15 is 0 Å². The van der Waals surface area contributed by atoms with Crippen LogP contribution in [0.4, 0.5) is 5.13 Å². The van der Waals surface area contributed by atoms with E-state index in [9.17, 15) is 4.79 Å². The third-order valence-corrected chi connectivity index (χ3v) is 6.57. The van der Waals surface area contributed by atoms with Crippen LogP contribution in [0.25, 0.3) is 10.2 Å². The molecule has 0 radical (unpaired) electrons. The van der Waals surface area contributed by atoms with Crippen LogP contribution in [-0.4, -0.2) is 24.0 Å². The molecule has 2 aromatic heterocycles. The molecule has 4 rings (SSSR count). The number of aromatic nitrogens is 1. The zero-order valence-corrected chi connectivity index (χ0v) is 15.8. The highest BCUT2D eigenvalue weighted by Gasteiger charge is 2.27. The minimum absolute atomic E-state index is 0.0439. The van der Waals surface area contributed by atoms with Crippen LogP contribution < -0.4 is 10.2 Å². The summed E-state index contributed by atoms with van der Waals surface area (Å²) in [6.07, 6.45) is 1.99. The Kier molecular flexibility index (Phi) is 4.72. The van der Waals surface area contributed by atoms with Crippen LogP contribution in [0, 0.1) is 12.8 Å². The summed E-state index contributed by atoms with van der Waals surface area (Å²) in [5.74, 6) is 0.206. The van der Waals surface area contributed by atoms with Gasteiger partial charge < -0.3 is 10.2 Å². The van der Waals surface area contributed by atoms with Crippen LogP contribution in [0.5, 0.6) is 0 Å². The van der Waals surface area contributed by atoms with E-state index in [1.807, 2.05) is 11.4 Å². The molecule has 0 aliphatic carbocycles. The quantitative estimate of drug-likeness (QED) is 0.748. The first-order valence-electron chi connectivity index (χ1n) is 8.61. The van der Waals surface area contributed by atoms with Gasteiger partial charge in [0.05, 0.1) is 22.7 Å². The lowest BCUT2D eigenvalue weighted by Crippen LogP contribution is -2.42. The van der Waals surface area contributed by atoms with Gasteiger partial charge in [0, 0.05) is 18.0 Å². The van der Waals surface area contributed by atoms with E-state index in [0.29, 0.717) is 6.54 Å². The van der Waals surface area contributed by atoms with E-state index in [4.69, 9.17) is 4.98 Å². The Bertz CT molecular complexity index is 872. The lowest BCUT2D eigenvalue weighted by molar-refractivity contribution is -0.125. The van der Waals surface area contributed by atoms with Crippen molar-refractivity contribution in [1.29, 1.82) is 0 Å². The molecular weight excluding hydrogens is 350 g/mol. The average Bonchev–Trinajstić information content (AvgIpc) is 3.28. The summed E-state index contributed by atoms with van der Waals surface area (Å²) in [6.45, 7) is 4.48. The molecule has 4 nitrogen and oxygen atoms in total. The predicted octanol–water partition coefficient (Wildman–Crippen LogP) is 4.20. The number of benzene rings is 1. The second-order valence-electron chi connectivity index (χ2n) is 6.55. The van der Waals surface area contributed by atoms with Crippen LogP contribution in [0.2, 0.25) is 0 Å².